The van der Waals surface area contributed by atoms with E-state index in [1.165, 1.54) is 12.1 Å². The van der Waals surface area contributed by atoms with Crippen molar-refractivity contribution in [2.75, 3.05) is 17.2 Å². The quantitative estimate of drug-likeness (QED) is 0.804. The van der Waals surface area contributed by atoms with Gasteiger partial charge in [-0.15, -0.1) is 0 Å². The van der Waals surface area contributed by atoms with Gasteiger partial charge in [0.25, 0.3) is 0 Å². The molecular weight excluding hydrogens is 251 g/mol. The van der Waals surface area contributed by atoms with Crippen molar-refractivity contribution in [2.24, 2.45) is 0 Å². The number of hydrogen-bond acceptors (Lipinski definition) is 2. The second-order valence-electron chi connectivity index (χ2n) is 5.33. The molecule has 0 radical (unpaired) electrons. The molecule has 2 nitrogen and oxygen atoms in total. The molecule has 20 heavy (non-hydrogen) atoms. The fraction of sp³-hybridized carbons (Fsp3) is 0.294. The number of aryl methyl sites for hydroxylation is 2. The molecule has 1 heterocycles. The van der Waals surface area contributed by atoms with E-state index in [9.17, 15) is 4.39 Å². The molecule has 1 aliphatic heterocycles. The normalized spacial score (nSPS) is 18.2. The molecule has 104 valence electrons. The zero-order valence-electron chi connectivity index (χ0n) is 13.7. The topological polar surface area (TPSA) is 29.3 Å². The summed E-state index contributed by atoms with van der Waals surface area (Å²) >= 11 is 0. The first-order valence-electron chi connectivity index (χ1n) is 7.68. The summed E-state index contributed by atoms with van der Waals surface area (Å²) in [5.74, 6) is -0.393. The lowest BCUT2D eigenvalue weighted by molar-refractivity contribution is 0.619. The summed E-state index contributed by atoms with van der Waals surface area (Å²) in [6, 6.07) is 8.33. The van der Waals surface area contributed by atoms with Gasteiger partial charge in [-0.1, -0.05) is 6.07 Å². The molecule has 0 aliphatic carbocycles. The molecule has 0 amide bonds. The van der Waals surface area contributed by atoms with E-state index in [4.69, 9.17) is 8.48 Å². The van der Waals surface area contributed by atoms with Gasteiger partial charge in [-0.05, 0) is 66.7 Å². The molecule has 0 unspecified atom stereocenters. The molecule has 0 saturated heterocycles. The third-order valence-electron chi connectivity index (χ3n) is 3.84. The Morgan fingerprint density at radius 3 is 2.55 bits per heavy atom. The molecule has 0 bridgehead atoms. The van der Waals surface area contributed by atoms with Crippen molar-refractivity contribution in [2.45, 2.75) is 26.8 Å². The molecular formula is C17H19FN2. The van der Waals surface area contributed by atoms with Crippen LogP contribution in [0, 0.1) is 19.7 Å². The second kappa shape index (κ2) is 4.82. The van der Waals surface area contributed by atoms with Gasteiger partial charge in [0.05, 0.1) is 0 Å². The van der Waals surface area contributed by atoms with Crippen LogP contribution < -0.4 is 10.6 Å². The minimum atomic E-state index is -1.58. The third kappa shape index (κ3) is 2.24. The molecule has 0 fully saturated rings. The van der Waals surface area contributed by atoms with Gasteiger partial charge in [-0.2, -0.15) is 0 Å². The average Bonchev–Trinajstić information content (AvgIpc) is 2.44. The van der Waals surface area contributed by atoms with Gasteiger partial charge in [0.1, 0.15) is 5.82 Å². The number of nitrogen functional groups attached to an aromatic ring is 1. The van der Waals surface area contributed by atoms with Gasteiger partial charge in [0.2, 0.25) is 0 Å². The van der Waals surface area contributed by atoms with Gasteiger partial charge < -0.3 is 10.6 Å². The number of benzene rings is 2. The second-order valence-corrected chi connectivity index (χ2v) is 5.33. The van der Waals surface area contributed by atoms with Gasteiger partial charge in [0, 0.05) is 27.2 Å². The molecule has 1 aliphatic rings. The van der Waals surface area contributed by atoms with Crippen LogP contribution in [0.5, 0.6) is 0 Å². The highest BCUT2D eigenvalue weighted by atomic mass is 19.1. The van der Waals surface area contributed by atoms with Crippen molar-refractivity contribution in [1.29, 1.82) is 0 Å². The van der Waals surface area contributed by atoms with Crippen LogP contribution in [0.4, 0.5) is 15.8 Å². The Morgan fingerprint density at radius 2 is 1.85 bits per heavy atom. The van der Waals surface area contributed by atoms with Crippen LogP contribution in [0.25, 0.3) is 0 Å². The van der Waals surface area contributed by atoms with E-state index >= 15 is 0 Å². The van der Waals surface area contributed by atoms with Gasteiger partial charge in [0.15, 0.2) is 0 Å². The van der Waals surface area contributed by atoms with Gasteiger partial charge in [-0.3, -0.25) is 0 Å². The highest BCUT2D eigenvalue weighted by Crippen LogP contribution is 2.29. The van der Waals surface area contributed by atoms with E-state index in [-0.39, 0.29) is 6.54 Å². The lowest BCUT2D eigenvalue weighted by atomic mass is 9.98. The number of halogens is 1. The molecule has 0 aromatic heterocycles. The maximum Gasteiger partial charge on any atom is 0.123 e. The molecule has 2 aromatic rings. The first-order chi connectivity index (χ1) is 10.3. The number of hydrogen-bond donors (Lipinski definition) is 1. The predicted octanol–water partition coefficient (Wildman–Crippen LogP) is 3.59. The number of nitrogens with two attached hydrogens (primary N) is 1. The van der Waals surface area contributed by atoms with Gasteiger partial charge >= 0.3 is 0 Å². The smallest absolute Gasteiger partial charge is 0.123 e. The lowest BCUT2D eigenvalue weighted by Gasteiger charge is -2.31. The van der Waals surface area contributed by atoms with E-state index in [1.807, 2.05) is 30.9 Å². The summed E-state index contributed by atoms with van der Waals surface area (Å²) in [4.78, 5) is 1.99. The van der Waals surface area contributed by atoms with E-state index in [0.717, 1.165) is 28.1 Å². The third-order valence-corrected chi connectivity index (χ3v) is 3.84. The summed E-state index contributed by atoms with van der Waals surface area (Å²) in [5.41, 5.74) is 11.0. The van der Waals surface area contributed by atoms with Crippen molar-refractivity contribution >= 4 is 11.4 Å². The number of rotatable bonds is 1. The van der Waals surface area contributed by atoms with Crippen LogP contribution >= 0.6 is 0 Å². The minimum Gasteiger partial charge on any atom is -0.398 e. The molecule has 0 saturated carbocycles. The minimum absolute atomic E-state index is 0.201. The lowest BCUT2D eigenvalue weighted by Crippen LogP contribution is -2.30. The fourth-order valence-corrected chi connectivity index (χ4v) is 2.61. The summed E-state index contributed by atoms with van der Waals surface area (Å²) in [7, 11) is 0. The summed E-state index contributed by atoms with van der Waals surface area (Å²) < 4.78 is 29.9. The molecule has 3 rings (SSSR count). The Labute approximate surface area is 121 Å². The number of fused-ring (bicyclic) bond motifs is 1. The molecule has 0 atom stereocenters. The Kier molecular flexibility index (Phi) is 2.58. The van der Waals surface area contributed by atoms with Crippen molar-refractivity contribution < 1.29 is 7.13 Å². The van der Waals surface area contributed by atoms with Gasteiger partial charge in [-0.25, -0.2) is 4.39 Å². The number of anilines is 2. The Balaban J connectivity index is 2.04. The average molecular weight is 272 g/mol. The SMILES string of the molecule is [2H]C1([2H])CN(c2cc(C)c(N)c(C)c2)Cc2ccc(F)cc21. The van der Waals surface area contributed by atoms with Crippen LogP contribution in [0.3, 0.4) is 0 Å². The Hall–Kier alpha value is -2.03. The van der Waals surface area contributed by atoms with E-state index in [0.29, 0.717) is 12.1 Å². The zero-order chi connectivity index (χ0) is 16.1. The highest BCUT2D eigenvalue weighted by Gasteiger charge is 2.18. The maximum absolute atomic E-state index is 13.4. The van der Waals surface area contributed by atoms with E-state index in [1.54, 1.807) is 6.07 Å². The number of nitrogens with zero attached hydrogens (tertiary/aromatic N) is 1. The fourth-order valence-electron chi connectivity index (χ4n) is 2.61. The van der Waals surface area contributed by atoms with Crippen LogP contribution in [0.1, 0.15) is 25.0 Å². The summed E-state index contributed by atoms with van der Waals surface area (Å²) in [6.45, 7) is 4.67. The standard InChI is InChI=1S/C17H19FN2/c1-11-7-16(8-12(2)17(11)19)20-6-5-13-9-15(18)4-3-14(13)10-20/h3-4,7-9H,5-6,10,19H2,1-2H3/i5D2. The molecule has 2 aromatic carbocycles. The highest BCUT2D eigenvalue weighted by molar-refractivity contribution is 5.63. The molecule has 2 N–H and O–H groups in total. The van der Waals surface area contributed by atoms with Crippen LogP contribution in [0.15, 0.2) is 30.3 Å². The zero-order valence-corrected chi connectivity index (χ0v) is 11.7. The largest absolute Gasteiger partial charge is 0.398 e. The summed E-state index contributed by atoms with van der Waals surface area (Å²) in [5, 5.41) is 0. The van der Waals surface area contributed by atoms with Crippen LogP contribution in [0.2, 0.25) is 0 Å². The Bertz CT molecular complexity index is 720. The van der Waals surface area contributed by atoms with Crippen LogP contribution in [-0.4, -0.2) is 6.54 Å². The van der Waals surface area contributed by atoms with Crippen molar-refractivity contribution in [3.63, 3.8) is 0 Å². The summed E-state index contributed by atoms with van der Waals surface area (Å²) in [6.07, 6.45) is -1.58. The first kappa shape index (κ1) is 10.7. The van der Waals surface area contributed by atoms with Crippen molar-refractivity contribution in [3.05, 3.63) is 58.4 Å². The molecule has 0 spiro atoms. The van der Waals surface area contributed by atoms with E-state index in [2.05, 4.69) is 0 Å². The van der Waals surface area contributed by atoms with Crippen LogP contribution in [-0.2, 0) is 12.9 Å². The first-order valence-corrected chi connectivity index (χ1v) is 6.68. The van der Waals surface area contributed by atoms with Crippen molar-refractivity contribution in [1.82, 2.24) is 0 Å². The van der Waals surface area contributed by atoms with E-state index < -0.39 is 12.2 Å². The maximum atomic E-state index is 13.4. The monoisotopic (exact) mass is 272 g/mol. The van der Waals surface area contributed by atoms with Crippen molar-refractivity contribution in [3.8, 4) is 0 Å². The molecule has 3 heteroatoms. The Morgan fingerprint density at radius 1 is 1.15 bits per heavy atom. The predicted molar refractivity (Wildman–Crippen MR) is 81.5 cm³/mol.